The number of carbonyl (C=O) groups excluding carboxylic acids is 1. The Morgan fingerprint density at radius 1 is 1.38 bits per heavy atom. The average molecular weight is 225 g/mol. The summed E-state index contributed by atoms with van der Waals surface area (Å²) in [4.78, 5) is 11.6. The van der Waals surface area contributed by atoms with Crippen LogP contribution in [0.2, 0.25) is 0 Å². The van der Waals surface area contributed by atoms with Gasteiger partial charge in [0, 0.05) is 25.3 Å². The zero-order chi connectivity index (χ0) is 12.1. The maximum Gasteiger partial charge on any atom is 0.354 e. The van der Waals surface area contributed by atoms with E-state index in [0.717, 1.165) is 12.1 Å². The Morgan fingerprint density at radius 2 is 2.06 bits per heavy atom. The molecule has 4 nitrogen and oxygen atoms in total. The predicted molar refractivity (Wildman–Crippen MR) is 61.7 cm³/mol. The third-order valence-corrected chi connectivity index (χ3v) is 2.48. The lowest BCUT2D eigenvalue weighted by molar-refractivity contribution is 0.0586. The second-order valence-corrected chi connectivity index (χ2v) is 3.91. The highest BCUT2D eigenvalue weighted by Gasteiger charge is 2.16. The van der Waals surface area contributed by atoms with E-state index in [0.29, 0.717) is 12.3 Å². The monoisotopic (exact) mass is 225 g/mol. The van der Waals surface area contributed by atoms with E-state index in [4.69, 9.17) is 9.47 Å². The smallest absolute Gasteiger partial charge is 0.354 e. The number of ether oxygens (including phenoxy) is 2. The molecule has 1 heterocycles. The first-order valence-corrected chi connectivity index (χ1v) is 5.39. The van der Waals surface area contributed by atoms with Crippen LogP contribution in [0.25, 0.3) is 0 Å². The highest BCUT2D eigenvalue weighted by Crippen LogP contribution is 2.17. The highest BCUT2D eigenvalue weighted by molar-refractivity contribution is 5.87. The Morgan fingerprint density at radius 3 is 2.56 bits per heavy atom. The third kappa shape index (κ3) is 2.64. The van der Waals surface area contributed by atoms with Crippen LogP contribution in [0.1, 0.15) is 36.1 Å². The van der Waals surface area contributed by atoms with E-state index in [-0.39, 0.29) is 12.0 Å². The van der Waals surface area contributed by atoms with Crippen LogP contribution in [0.3, 0.4) is 0 Å². The van der Waals surface area contributed by atoms with Crippen molar-refractivity contribution in [3.63, 3.8) is 0 Å². The van der Waals surface area contributed by atoms with Gasteiger partial charge in [-0.15, -0.1) is 0 Å². The summed E-state index contributed by atoms with van der Waals surface area (Å²) in [6, 6.07) is 3.98. The number of aromatic nitrogens is 1. The van der Waals surface area contributed by atoms with Crippen molar-refractivity contribution >= 4 is 5.97 Å². The normalized spacial score (nSPS) is 10.8. The molecule has 16 heavy (non-hydrogen) atoms. The quantitative estimate of drug-likeness (QED) is 0.720. The van der Waals surface area contributed by atoms with Crippen molar-refractivity contribution in [1.29, 1.82) is 0 Å². The fourth-order valence-corrected chi connectivity index (χ4v) is 1.78. The Balaban J connectivity index is 3.02. The molecule has 1 aromatic heterocycles. The van der Waals surface area contributed by atoms with Crippen LogP contribution in [0.15, 0.2) is 12.1 Å². The first-order chi connectivity index (χ1) is 7.61. The summed E-state index contributed by atoms with van der Waals surface area (Å²) in [6.45, 7) is 4.74. The van der Waals surface area contributed by atoms with Crippen molar-refractivity contribution in [2.45, 2.75) is 26.3 Å². The van der Waals surface area contributed by atoms with Crippen molar-refractivity contribution in [2.24, 2.45) is 0 Å². The summed E-state index contributed by atoms with van der Waals surface area (Å²) < 4.78 is 11.8. The van der Waals surface area contributed by atoms with Gasteiger partial charge in [0.1, 0.15) is 5.69 Å². The van der Waals surface area contributed by atoms with Crippen LogP contribution in [0, 0.1) is 0 Å². The lowest BCUT2D eigenvalue weighted by Crippen LogP contribution is -2.15. The summed E-state index contributed by atoms with van der Waals surface area (Å²) in [5, 5.41) is 0. The number of hydrogen-bond acceptors (Lipinski definition) is 3. The Bertz CT molecular complexity index is 355. The van der Waals surface area contributed by atoms with Gasteiger partial charge in [-0.25, -0.2) is 4.79 Å². The van der Waals surface area contributed by atoms with Crippen LogP contribution >= 0.6 is 0 Å². The minimum absolute atomic E-state index is 0.232. The first kappa shape index (κ1) is 12.8. The van der Waals surface area contributed by atoms with Gasteiger partial charge in [-0.2, -0.15) is 0 Å². The molecular formula is C12H19NO3. The van der Waals surface area contributed by atoms with Gasteiger partial charge >= 0.3 is 5.97 Å². The molecule has 0 aliphatic heterocycles. The maximum atomic E-state index is 11.6. The first-order valence-electron chi connectivity index (χ1n) is 5.39. The molecule has 90 valence electrons. The van der Waals surface area contributed by atoms with Gasteiger partial charge in [0.2, 0.25) is 0 Å². The lowest BCUT2D eigenvalue weighted by atomic mass is 10.3. The largest absolute Gasteiger partial charge is 0.464 e. The zero-order valence-electron chi connectivity index (χ0n) is 10.3. The van der Waals surface area contributed by atoms with E-state index in [1.165, 1.54) is 7.11 Å². The molecular weight excluding hydrogens is 206 g/mol. The van der Waals surface area contributed by atoms with Gasteiger partial charge in [-0.1, -0.05) is 0 Å². The van der Waals surface area contributed by atoms with E-state index < -0.39 is 0 Å². The number of nitrogens with zero attached hydrogens (tertiary/aromatic N) is 1. The summed E-state index contributed by atoms with van der Waals surface area (Å²) in [6.07, 6.45) is 0.797. The minimum Gasteiger partial charge on any atom is -0.464 e. The van der Waals surface area contributed by atoms with E-state index in [2.05, 4.69) is 0 Å². The van der Waals surface area contributed by atoms with Crippen LogP contribution < -0.4 is 0 Å². The second kappa shape index (κ2) is 5.70. The predicted octanol–water partition coefficient (Wildman–Crippen LogP) is 2.04. The van der Waals surface area contributed by atoms with E-state index in [1.54, 1.807) is 13.2 Å². The second-order valence-electron chi connectivity index (χ2n) is 3.91. The van der Waals surface area contributed by atoms with Gasteiger partial charge in [-0.3, -0.25) is 0 Å². The summed E-state index contributed by atoms with van der Waals surface area (Å²) in [5.41, 5.74) is 1.70. The van der Waals surface area contributed by atoms with Gasteiger partial charge in [0.05, 0.1) is 13.7 Å². The molecule has 1 rings (SSSR count). The molecule has 0 bridgehead atoms. The molecule has 0 saturated carbocycles. The minimum atomic E-state index is -0.294. The van der Waals surface area contributed by atoms with Gasteiger partial charge in [-0.05, 0) is 26.0 Å². The van der Waals surface area contributed by atoms with Crippen molar-refractivity contribution in [1.82, 2.24) is 4.57 Å². The molecule has 0 aliphatic carbocycles. The lowest BCUT2D eigenvalue weighted by Gasteiger charge is -2.16. The van der Waals surface area contributed by atoms with E-state index in [1.807, 2.05) is 24.5 Å². The van der Waals surface area contributed by atoms with Crippen LogP contribution in [0.5, 0.6) is 0 Å². The summed E-state index contributed by atoms with van der Waals surface area (Å²) >= 11 is 0. The molecule has 0 atom stereocenters. The van der Waals surface area contributed by atoms with Crippen LogP contribution in [-0.4, -0.2) is 31.4 Å². The fourth-order valence-electron chi connectivity index (χ4n) is 1.78. The molecule has 0 fully saturated rings. The van der Waals surface area contributed by atoms with Crippen LogP contribution in [-0.2, 0) is 15.9 Å². The number of rotatable bonds is 5. The zero-order valence-corrected chi connectivity index (χ0v) is 10.3. The van der Waals surface area contributed by atoms with E-state index in [9.17, 15) is 4.79 Å². The topological polar surface area (TPSA) is 40.5 Å². The Kier molecular flexibility index (Phi) is 4.55. The summed E-state index contributed by atoms with van der Waals surface area (Å²) in [5.74, 6) is -0.294. The SMILES string of the molecule is COCCc1ccc(C(=O)OC)n1C(C)C. The van der Waals surface area contributed by atoms with Crippen molar-refractivity contribution in [3.8, 4) is 0 Å². The molecule has 0 spiro atoms. The number of hydrogen-bond donors (Lipinski definition) is 0. The van der Waals surface area contributed by atoms with Gasteiger partial charge < -0.3 is 14.0 Å². The maximum absolute atomic E-state index is 11.6. The number of carbonyl (C=O) groups is 1. The number of methoxy groups -OCH3 is 2. The number of esters is 1. The van der Waals surface area contributed by atoms with Gasteiger partial charge in [0.25, 0.3) is 0 Å². The Labute approximate surface area is 96.2 Å². The fraction of sp³-hybridized carbons (Fsp3) is 0.583. The highest BCUT2D eigenvalue weighted by atomic mass is 16.5. The molecule has 0 unspecified atom stereocenters. The molecule has 0 saturated heterocycles. The van der Waals surface area contributed by atoms with Crippen molar-refractivity contribution in [3.05, 3.63) is 23.5 Å². The Hall–Kier alpha value is -1.29. The molecule has 0 N–H and O–H groups in total. The van der Waals surface area contributed by atoms with Crippen LogP contribution in [0.4, 0.5) is 0 Å². The van der Waals surface area contributed by atoms with E-state index >= 15 is 0 Å². The molecule has 0 aliphatic rings. The molecule has 4 heteroatoms. The van der Waals surface area contributed by atoms with Crippen molar-refractivity contribution < 1.29 is 14.3 Å². The van der Waals surface area contributed by atoms with Crippen molar-refractivity contribution in [2.75, 3.05) is 20.8 Å². The molecule has 0 aromatic carbocycles. The summed E-state index contributed by atoms with van der Waals surface area (Å²) in [7, 11) is 3.07. The molecule has 0 amide bonds. The molecule has 0 radical (unpaired) electrons. The van der Waals surface area contributed by atoms with Gasteiger partial charge in [0.15, 0.2) is 0 Å². The standard InChI is InChI=1S/C12H19NO3/c1-9(2)13-10(7-8-15-3)5-6-11(13)12(14)16-4/h5-6,9H,7-8H2,1-4H3. The molecule has 1 aromatic rings. The average Bonchev–Trinajstić information content (AvgIpc) is 2.68. The third-order valence-electron chi connectivity index (χ3n) is 2.48.